The number of carbonyl (C=O) groups is 12. The second-order valence-corrected chi connectivity index (χ2v) is 28.0. The van der Waals surface area contributed by atoms with Crippen molar-refractivity contribution in [2.24, 2.45) is 0 Å². The van der Waals surface area contributed by atoms with Crippen LogP contribution < -0.4 is 18.9 Å². The lowest BCUT2D eigenvalue weighted by Crippen LogP contribution is -2.41. The normalized spacial score (nSPS) is 14.8. The Balaban J connectivity index is 0.000000130. The monoisotopic (exact) mass is 1550 g/mol. The molecule has 6 aliphatic heterocycles. The first-order chi connectivity index (χ1) is 55.6. The predicted molar refractivity (Wildman–Crippen MR) is 399 cm³/mol. The maximum absolute atomic E-state index is 14.2. The molecule has 19 rings (SSSR count). The maximum Gasteiger partial charge on any atom is 0.402 e. The van der Waals surface area contributed by atoms with Crippen LogP contribution in [0.4, 0.5) is 13.2 Å². The zero-order chi connectivity index (χ0) is 81.0. The van der Waals surface area contributed by atoms with Gasteiger partial charge in [0, 0.05) is 5.41 Å². The van der Waals surface area contributed by atoms with Gasteiger partial charge in [-0.1, -0.05) is 123 Å². The Labute approximate surface area is 653 Å². The van der Waals surface area contributed by atoms with Crippen LogP contribution in [-0.4, -0.2) is 77.8 Å². The summed E-state index contributed by atoms with van der Waals surface area (Å²) in [7, 11) is 0. The quantitative estimate of drug-likeness (QED) is 0.0555. The van der Waals surface area contributed by atoms with Crippen molar-refractivity contribution in [3.05, 3.63) is 366 Å². The van der Waals surface area contributed by atoms with Gasteiger partial charge in [-0.15, -0.1) is 0 Å². The number of ether oxygens (including phenoxy) is 10. The third kappa shape index (κ3) is 12.5. The highest BCUT2D eigenvalue weighted by Crippen LogP contribution is 2.57. The van der Waals surface area contributed by atoms with Gasteiger partial charge in [-0.3, -0.25) is 0 Å². The molecule has 22 nitrogen and oxygen atoms in total. The predicted octanol–water partition coefficient (Wildman–Crippen LogP) is 17.6. The molecule has 0 amide bonds. The molecule has 25 heteroatoms. The molecule has 568 valence electrons. The summed E-state index contributed by atoms with van der Waals surface area (Å²) in [5.41, 5.74) is 5.18. The number of hydrogen-bond acceptors (Lipinski definition) is 22. The van der Waals surface area contributed by atoms with Crippen LogP contribution in [0.3, 0.4) is 0 Å². The number of esters is 12. The van der Waals surface area contributed by atoms with Gasteiger partial charge in [0.15, 0.2) is 0 Å². The van der Waals surface area contributed by atoms with Gasteiger partial charge in [-0.25, -0.2) is 57.5 Å². The Morgan fingerprint density at radius 2 is 0.448 bits per heavy atom. The highest BCUT2D eigenvalue weighted by atomic mass is 19.4. The highest BCUT2D eigenvalue weighted by molar-refractivity contribution is 6.18. The van der Waals surface area contributed by atoms with Crippen LogP contribution in [0.1, 0.15) is 190 Å². The van der Waals surface area contributed by atoms with Gasteiger partial charge in [-0.05, 0) is 208 Å². The minimum atomic E-state index is -4.84. The molecule has 1 aliphatic carbocycles. The second-order valence-electron chi connectivity index (χ2n) is 28.0. The summed E-state index contributed by atoms with van der Waals surface area (Å²) in [5.74, 6) is -5.35. The molecule has 116 heavy (non-hydrogen) atoms. The van der Waals surface area contributed by atoms with Gasteiger partial charge in [-0.2, -0.15) is 13.2 Å². The lowest BCUT2D eigenvalue weighted by molar-refractivity contribution is -0.173. The number of rotatable bonds is 14. The van der Waals surface area contributed by atoms with E-state index in [1.807, 2.05) is 121 Å². The van der Waals surface area contributed by atoms with Gasteiger partial charge < -0.3 is 47.4 Å². The number of benzene rings is 12. The Morgan fingerprint density at radius 1 is 0.233 bits per heavy atom. The first-order valence-corrected chi connectivity index (χ1v) is 35.5. The smallest absolute Gasteiger partial charge is 0.402 e. The highest BCUT2D eigenvalue weighted by Gasteiger charge is 2.55. The lowest BCUT2D eigenvalue weighted by Gasteiger charge is -2.34. The van der Waals surface area contributed by atoms with Gasteiger partial charge in [0.2, 0.25) is 0 Å². The van der Waals surface area contributed by atoms with Crippen LogP contribution in [0.2, 0.25) is 0 Å². The van der Waals surface area contributed by atoms with E-state index in [0.29, 0.717) is 46.0 Å². The molecule has 0 N–H and O–H groups in total. The summed E-state index contributed by atoms with van der Waals surface area (Å²) in [6.07, 6.45) is -4.84. The first kappa shape index (κ1) is 73.3. The Morgan fingerprint density at radius 3 is 0.716 bits per heavy atom. The van der Waals surface area contributed by atoms with Crippen molar-refractivity contribution in [3.8, 4) is 57.1 Å². The maximum atomic E-state index is 14.2. The fourth-order valence-electron chi connectivity index (χ4n) is 15.0. The van der Waals surface area contributed by atoms with Gasteiger partial charge >= 0.3 is 77.8 Å². The molecular weight excluding hydrogens is 1500 g/mol. The van der Waals surface area contributed by atoms with Gasteiger partial charge in [0.05, 0.1) is 72.2 Å². The summed E-state index contributed by atoms with van der Waals surface area (Å²) >= 11 is 0. The van der Waals surface area contributed by atoms with E-state index in [1.165, 1.54) is 48.5 Å². The van der Waals surface area contributed by atoms with E-state index in [9.17, 15) is 70.7 Å². The molecule has 6 heterocycles. The van der Waals surface area contributed by atoms with Crippen molar-refractivity contribution in [1.82, 2.24) is 0 Å². The molecule has 0 aromatic heterocycles. The second kappa shape index (κ2) is 27.7. The molecule has 12 aromatic carbocycles. The molecule has 0 radical (unpaired) electrons. The van der Waals surface area contributed by atoms with E-state index >= 15 is 0 Å². The van der Waals surface area contributed by atoms with E-state index in [4.69, 9.17) is 28.4 Å². The summed E-state index contributed by atoms with van der Waals surface area (Å²) in [4.78, 5) is 141. The molecule has 0 bridgehead atoms. The number of hydrogen-bond donors (Lipinski definition) is 0. The molecular formula is C91H51F3O22. The van der Waals surface area contributed by atoms with Crippen LogP contribution in [0.15, 0.2) is 255 Å². The summed E-state index contributed by atoms with van der Waals surface area (Å²) in [6, 6.07) is 72.5. The molecule has 0 atom stereocenters. The number of carbonyl (C=O) groups excluding carboxylic acids is 12. The van der Waals surface area contributed by atoms with Crippen molar-refractivity contribution in [3.63, 3.8) is 0 Å². The molecule has 0 fully saturated rings. The fourth-order valence-corrected chi connectivity index (χ4v) is 15.0. The Kier molecular flexibility index (Phi) is 17.5. The third-order valence-electron chi connectivity index (χ3n) is 21.1. The SMILES string of the molecule is CC(C)(c1ccc(Oc2ccc3c(c2)C(=O)OC3=O)cc1)c1ccc(Oc2ccc3c(c2)C(=O)OC3=O)cc1.CC(c1ccc2c(c1)C(=O)OC2=O)(c1ccc2c(c1)C(=O)OC2=O)C(F)(F)F.O=C1OC(=O)c2cc(Oc3ccc(C4(c5ccc(Oc6ccc7c(c6)C(=O)OC7=O)cc5)c5ccccc5-c5ccccc54)cc3)ccc21. The third-order valence-corrected chi connectivity index (χ3v) is 21.1. The standard InChI is InChI=1S/C41H22O8.C31H20O8.C19H9F3O6/c42-37-31-19-17-27(21-33(31)39(44)48-37)46-25-13-9-23(10-14-25)41(35-7-3-1-5-29(35)30-6-2-4-8-36(30)41)24-11-15-26(16-12-24)47-28-18-20-32-34(22-28)40(45)49-38(32)43;1-31(2,17-3-7-19(8-4-17)36-21-11-13-23-25(15-21)29(34)38-27(23)32)18-5-9-20(10-6-18)37-22-12-14-24-26(16-22)30(35)39-28(24)33;1-18(19(20,21)22,8-2-4-10-12(6-8)16(25)27-14(10)23)9-3-5-11-13(7-9)17(26)28-15(11)24/h1-22H;3-16H,1-2H3;2-7H,1H3. The van der Waals surface area contributed by atoms with Crippen molar-refractivity contribution in [2.45, 2.75) is 43.2 Å². The minimum Gasteiger partial charge on any atom is -0.457 e. The van der Waals surface area contributed by atoms with Crippen LogP contribution in [0.25, 0.3) is 11.1 Å². The van der Waals surface area contributed by atoms with Crippen molar-refractivity contribution < 1.29 is 118 Å². The van der Waals surface area contributed by atoms with Crippen molar-refractivity contribution in [1.29, 1.82) is 0 Å². The van der Waals surface area contributed by atoms with E-state index in [0.717, 1.165) is 87.8 Å². The molecule has 7 aliphatic rings. The Hall–Kier alpha value is -15.5. The molecule has 0 spiro atoms. The number of alkyl halides is 3. The topological polar surface area (TPSA) is 297 Å². The van der Waals surface area contributed by atoms with Crippen LogP contribution >= 0.6 is 0 Å². The van der Waals surface area contributed by atoms with E-state index < -0.39 is 88.6 Å². The zero-order valence-corrected chi connectivity index (χ0v) is 60.4. The Bertz CT molecular complexity index is 6000. The largest absolute Gasteiger partial charge is 0.457 e. The van der Waals surface area contributed by atoms with Crippen molar-refractivity contribution >= 4 is 71.6 Å². The molecule has 0 saturated carbocycles. The van der Waals surface area contributed by atoms with Crippen LogP contribution in [-0.2, 0) is 44.7 Å². The minimum absolute atomic E-state index is 0.124. The average molecular weight is 1550 g/mol. The summed E-state index contributed by atoms with van der Waals surface area (Å²) in [6.45, 7) is 5.08. The first-order valence-electron chi connectivity index (χ1n) is 35.5. The lowest BCUT2D eigenvalue weighted by atomic mass is 9.68. The van der Waals surface area contributed by atoms with Crippen LogP contribution in [0.5, 0.6) is 46.0 Å². The zero-order valence-electron chi connectivity index (χ0n) is 60.4. The average Bonchev–Trinajstić information content (AvgIpc) is 1.53. The van der Waals surface area contributed by atoms with Gasteiger partial charge in [0.25, 0.3) is 0 Å². The van der Waals surface area contributed by atoms with E-state index in [2.05, 4.69) is 57.1 Å². The number of fused-ring (bicyclic) bond motifs is 9. The molecule has 0 saturated heterocycles. The number of cyclic esters (lactones) is 12. The van der Waals surface area contributed by atoms with Crippen LogP contribution in [0, 0.1) is 0 Å². The number of halogens is 3. The summed E-state index contributed by atoms with van der Waals surface area (Å²) < 4.78 is 94.0. The fraction of sp³-hybridized carbons (Fsp3) is 0.0769. The van der Waals surface area contributed by atoms with E-state index in [1.54, 1.807) is 24.3 Å². The molecule has 12 aromatic rings. The van der Waals surface area contributed by atoms with E-state index in [-0.39, 0.29) is 83.3 Å². The summed E-state index contributed by atoms with van der Waals surface area (Å²) in [5, 5.41) is 0. The van der Waals surface area contributed by atoms with Gasteiger partial charge in [0.1, 0.15) is 51.4 Å². The van der Waals surface area contributed by atoms with Crippen molar-refractivity contribution in [2.75, 3.05) is 0 Å². The molecule has 0 unspecified atom stereocenters.